The Kier molecular flexibility index (Phi) is 64.6. The predicted octanol–water partition coefficient (Wildman–Crippen LogP) is 23.8. The second kappa shape index (κ2) is 66.4. The van der Waals surface area contributed by atoms with Crippen LogP contribution in [0, 0.1) is 0 Å². The minimum atomic E-state index is -0.771. The van der Waals surface area contributed by atoms with Gasteiger partial charge in [-0.1, -0.05) is 347 Å². The highest BCUT2D eigenvalue weighted by molar-refractivity contribution is 5.71. The maximum absolute atomic E-state index is 12.9. The van der Waals surface area contributed by atoms with Crippen molar-refractivity contribution >= 4 is 17.9 Å². The molecule has 0 bridgehead atoms. The van der Waals surface area contributed by atoms with Gasteiger partial charge in [0.15, 0.2) is 6.10 Å². The molecule has 6 heteroatoms. The monoisotopic (exact) mass is 1080 g/mol. The summed E-state index contributed by atoms with van der Waals surface area (Å²) in [6.45, 7) is 6.66. The van der Waals surface area contributed by atoms with Crippen LogP contribution in [0.15, 0.2) is 24.3 Å². The molecule has 1 atom stereocenters. The summed E-state index contributed by atoms with van der Waals surface area (Å²) in [5.74, 6) is -0.852. The highest BCUT2D eigenvalue weighted by Gasteiger charge is 2.19. The number of rotatable bonds is 65. The van der Waals surface area contributed by atoms with Crippen LogP contribution in [0.4, 0.5) is 0 Å². The summed E-state index contributed by atoms with van der Waals surface area (Å²) < 4.78 is 16.9. The van der Waals surface area contributed by atoms with E-state index in [9.17, 15) is 14.4 Å². The second-order valence-electron chi connectivity index (χ2n) is 23.8. The lowest BCUT2D eigenvalue weighted by Crippen LogP contribution is -2.30. The molecule has 0 radical (unpaired) electrons. The summed E-state index contributed by atoms with van der Waals surface area (Å²) in [7, 11) is 0. The van der Waals surface area contributed by atoms with Crippen molar-refractivity contribution in [3.63, 3.8) is 0 Å². The molecule has 0 aliphatic carbocycles. The van der Waals surface area contributed by atoms with Crippen molar-refractivity contribution in [1.29, 1.82) is 0 Å². The van der Waals surface area contributed by atoms with Crippen LogP contribution in [0.2, 0.25) is 0 Å². The van der Waals surface area contributed by atoms with E-state index in [4.69, 9.17) is 14.2 Å². The Balaban J connectivity index is 4.04. The molecule has 0 aromatic rings. The Morgan fingerprint density at radius 3 is 0.740 bits per heavy atom. The van der Waals surface area contributed by atoms with Gasteiger partial charge in [-0.15, -0.1) is 0 Å². The van der Waals surface area contributed by atoms with E-state index in [0.717, 1.165) is 70.6 Å². The molecule has 0 aliphatic heterocycles. The van der Waals surface area contributed by atoms with E-state index in [0.29, 0.717) is 19.3 Å². The standard InChI is InChI=1S/C71H134O6/c1-4-7-10-13-16-19-22-24-26-28-29-30-31-32-33-34-35-36-37-38-39-40-41-42-44-45-47-49-52-55-58-61-64-70(73)76-67-68(66-75-69(72)63-60-57-54-51-21-18-15-12-9-6-3)77-71(74)65-62-59-56-53-50-48-46-43-27-25-23-20-17-14-11-8-5-2/h17,20,25,27,68H,4-16,18-19,21-24,26,28-67H2,1-3H3/b20-17-,27-25-. The van der Waals surface area contributed by atoms with E-state index in [1.54, 1.807) is 0 Å². The first-order valence-electron chi connectivity index (χ1n) is 34.8. The highest BCUT2D eigenvalue weighted by atomic mass is 16.6. The third-order valence-electron chi connectivity index (χ3n) is 16.0. The van der Waals surface area contributed by atoms with Gasteiger partial charge >= 0.3 is 17.9 Å². The molecule has 0 aromatic heterocycles. The first-order valence-corrected chi connectivity index (χ1v) is 34.8. The van der Waals surface area contributed by atoms with Gasteiger partial charge in [0.25, 0.3) is 0 Å². The van der Waals surface area contributed by atoms with Gasteiger partial charge in [-0.2, -0.15) is 0 Å². The molecule has 0 saturated carbocycles. The minimum absolute atomic E-state index is 0.0688. The number of unbranched alkanes of at least 4 members (excludes halogenated alkanes) is 50. The number of ether oxygens (including phenoxy) is 3. The molecule has 1 unspecified atom stereocenters. The van der Waals surface area contributed by atoms with Crippen LogP contribution in [0.5, 0.6) is 0 Å². The topological polar surface area (TPSA) is 78.9 Å². The van der Waals surface area contributed by atoms with Crippen LogP contribution >= 0.6 is 0 Å². The van der Waals surface area contributed by atoms with Gasteiger partial charge in [0.1, 0.15) is 13.2 Å². The van der Waals surface area contributed by atoms with E-state index in [1.165, 1.54) is 283 Å². The normalized spacial score (nSPS) is 12.1. The van der Waals surface area contributed by atoms with Gasteiger partial charge in [0, 0.05) is 19.3 Å². The Hall–Kier alpha value is -2.11. The minimum Gasteiger partial charge on any atom is -0.462 e. The van der Waals surface area contributed by atoms with Gasteiger partial charge in [0.2, 0.25) is 0 Å². The zero-order chi connectivity index (χ0) is 55.7. The lowest BCUT2D eigenvalue weighted by Gasteiger charge is -2.18. The molecule has 0 fully saturated rings. The summed E-state index contributed by atoms with van der Waals surface area (Å²) in [6.07, 6.45) is 80.9. The van der Waals surface area contributed by atoms with Gasteiger partial charge < -0.3 is 14.2 Å². The summed E-state index contributed by atoms with van der Waals surface area (Å²) in [5.41, 5.74) is 0. The zero-order valence-electron chi connectivity index (χ0n) is 52.3. The second-order valence-corrected chi connectivity index (χ2v) is 23.8. The van der Waals surface area contributed by atoms with Crippen LogP contribution in [0.25, 0.3) is 0 Å². The maximum Gasteiger partial charge on any atom is 0.306 e. The fourth-order valence-electron chi connectivity index (χ4n) is 10.7. The molecule has 0 heterocycles. The predicted molar refractivity (Wildman–Crippen MR) is 335 cm³/mol. The molecular weight excluding hydrogens is 949 g/mol. The van der Waals surface area contributed by atoms with Crippen molar-refractivity contribution in [2.24, 2.45) is 0 Å². The highest BCUT2D eigenvalue weighted by Crippen LogP contribution is 2.19. The van der Waals surface area contributed by atoms with Crippen LogP contribution < -0.4 is 0 Å². The van der Waals surface area contributed by atoms with Crippen LogP contribution in [0.3, 0.4) is 0 Å². The summed E-state index contributed by atoms with van der Waals surface area (Å²) >= 11 is 0. The molecule has 0 amide bonds. The van der Waals surface area contributed by atoms with Crippen molar-refractivity contribution < 1.29 is 28.6 Å². The average Bonchev–Trinajstić information content (AvgIpc) is 3.43. The molecule has 454 valence electrons. The third kappa shape index (κ3) is 64.6. The Morgan fingerprint density at radius 1 is 0.260 bits per heavy atom. The van der Waals surface area contributed by atoms with E-state index in [2.05, 4.69) is 45.1 Å². The van der Waals surface area contributed by atoms with Crippen LogP contribution in [0.1, 0.15) is 393 Å². The molecule has 6 nitrogen and oxygen atoms in total. The maximum atomic E-state index is 12.9. The van der Waals surface area contributed by atoms with Crippen molar-refractivity contribution in [2.45, 2.75) is 399 Å². The van der Waals surface area contributed by atoms with Crippen molar-refractivity contribution in [3.05, 3.63) is 24.3 Å². The summed E-state index contributed by atoms with van der Waals surface area (Å²) in [5, 5.41) is 0. The van der Waals surface area contributed by atoms with Gasteiger partial charge in [-0.3, -0.25) is 14.4 Å². The molecule has 0 spiro atoms. The largest absolute Gasteiger partial charge is 0.462 e. The molecule has 0 saturated heterocycles. The quantitative estimate of drug-likeness (QED) is 0.0261. The number of carbonyl (C=O) groups excluding carboxylic acids is 3. The van der Waals surface area contributed by atoms with Gasteiger partial charge in [0.05, 0.1) is 0 Å². The SMILES string of the molecule is CCCCC/C=C\C/C=C\CCCCCCCCCC(=O)OC(COC(=O)CCCCCCCCCCCC)COC(=O)CCCCCCCCCCCCCCCCCCCCCCCCCCCCCCCCCC. The average molecular weight is 1080 g/mol. The number of esters is 3. The van der Waals surface area contributed by atoms with Gasteiger partial charge in [-0.05, 0) is 51.4 Å². The first kappa shape index (κ1) is 74.9. The van der Waals surface area contributed by atoms with Crippen molar-refractivity contribution in [2.75, 3.05) is 13.2 Å². The third-order valence-corrected chi connectivity index (χ3v) is 16.0. The number of allylic oxidation sites excluding steroid dienone is 4. The Labute approximate surface area is 481 Å². The van der Waals surface area contributed by atoms with Crippen LogP contribution in [-0.4, -0.2) is 37.2 Å². The first-order chi connectivity index (χ1) is 38.0. The van der Waals surface area contributed by atoms with Crippen molar-refractivity contribution in [1.82, 2.24) is 0 Å². The molecular formula is C71H134O6. The lowest BCUT2D eigenvalue weighted by molar-refractivity contribution is -0.167. The van der Waals surface area contributed by atoms with E-state index in [-0.39, 0.29) is 31.1 Å². The van der Waals surface area contributed by atoms with Crippen LogP contribution in [-0.2, 0) is 28.6 Å². The fraction of sp³-hybridized carbons (Fsp3) is 0.901. The smallest absolute Gasteiger partial charge is 0.306 e. The lowest BCUT2D eigenvalue weighted by atomic mass is 10.0. The molecule has 0 N–H and O–H groups in total. The molecule has 77 heavy (non-hydrogen) atoms. The van der Waals surface area contributed by atoms with Crippen molar-refractivity contribution in [3.8, 4) is 0 Å². The Bertz CT molecular complexity index is 1240. The van der Waals surface area contributed by atoms with E-state index >= 15 is 0 Å². The zero-order valence-corrected chi connectivity index (χ0v) is 52.3. The number of carbonyl (C=O) groups is 3. The summed E-state index contributed by atoms with van der Waals surface area (Å²) in [4.78, 5) is 38.2. The van der Waals surface area contributed by atoms with E-state index in [1.807, 2.05) is 0 Å². The molecule has 0 aromatic carbocycles. The number of hydrogen-bond acceptors (Lipinski definition) is 6. The number of hydrogen-bond donors (Lipinski definition) is 0. The fourth-order valence-corrected chi connectivity index (χ4v) is 10.7. The van der Waals surface area contributed by atoms with E-state index < -0.39 is 6.10 Å². The molecule has 0 rings (SSSR count). The Morgan fingerprint density at radius 2 is 0.468 bits per heavy atom. The van der Waals surface area contributed by atoms with Gasteiger partial charge in [-0.25, -0.2) is 0 Å². The molecule has 0 aliphatic rings. The summed E-state index contributed by atoms with van der Waals surface area (Å²) in [6, 6.07) is 0.